The Bertz CT molecular complexity index is 471. The number of hydrogen-bond donors (Lipinski definition) is 1. The van der Waals surface area contributed by atoms with Crippen LogP contribution in [0, 0.1) is 0 Å². The molecule has 17 heavy (non-hydrogen) atoms. The highest BCUT2D eigenvalue weighted by Crippen LogP contribution is 2.19. The van der Waals surface area contributed by atoms with Gasteiger partial charge in [-0.3, -0.25) is 4.98 Å². The van der Waals surface area contributed by atoms with Crippen molar-refractivity contribution in [2.45, 2.75) is 32.0 Å². The Morgan fingerprint density at radius 3 is 3.00 bits per heavy atom. The molecule has 1 saturated carbocycles. The van der Waals surface area contributed by atoms with Crippen LogP contribution in [0.4, 0.5) is 0 Å². The quantitative estimate of drug-likeness (QED) is 0.848. The van der Waals surface area contributed by atoms with E-state index in [-0.39, 0.29) is 0 Å². The molecule has 3 nitrogen and oxygen atoms in total. The molecule has 2 heterocycles. The maximum absolute atomic E-state index is 4.15. The van der Waals surface area contributed by atoms with Gasteiger partial charge in [-0.2, -0.15) is 0 Å². The van der Waals surface area contributed by atoms with Crippen LogP contribution < -0.4 is 5.32 Å². The molecule has 88 valence electrons. The zero-order valence-corrected chi connectivity index (χ0v) is 9.84. The van der Waals surface area contributed by atoms with E-state index in [1.54, 1.807) is 0 Å². The van der Waals surface area contributed by atoms with Crippen molar-refractivity contribution in [1.82, 2.24) is 14.9 Å². The Morgan fingerprint density at radius 2 is 2.24 bits per heavy atom. The smallest absolute Gasteiger partial charge is 0.0488 e. The van der Waals surface area contributed by atoms with E-state index in [4.69, 9.17) is 0 Å². The van der Waals surface area contributed by atoms with Gasteiger partial charge < -0.3 is 9.88 Å². The molecule has 3 heteroatoms. The summed E-state index contributed by atoms with van der Waals surface area (Å²) < 4.78 is 2.28. The monoisotopic (exact) mass is 227 g/mol. The number of nitrogens with one attached hydrogen (secondary N) is 1. The van der Waals surface area contributed by atoms with Gasteiger partial charge in [0, 0.05) is 43.4 Å². The lowest BCUT2D eigenvalue weighted by Crippen LogP contribution is -2.18. The fourth-order valence-electron chi connectivity index (χ4n) is 1.99. The van der Waals surface area contributed by atoms with E-state index in [1.807, 2.05) is 18.5 Å². The average molecular weight is 227 g/mol. The lowest BCUT2D eigenvalue weighted by atomic mass is 10.3. The molecule has 1 aliphatic carbocycles. The molecule has 0 bridgehead atoms. The Morgan fingerprint density at radius 1 is 1.29 bits per heavy atom. The zero-order valence-electron chi connectivity index (χ0n) is 9.84. The first-order valence-electron chi connectivity index (χ1n) is 6.18. The van der Waals surface area contributed by atoms with Gasteiger partial charge in [-0.1, -0.05) is 6.07 Å². The predicted molar refractivity (Wildman–Crippen MR) is 67.6 cm³/mol. The summed E-state index contributed by atoms with van der Waals surface area (Å²) in [5.74, 6) is 0. The van der Waals surface area contributed by atoms with Crippen molar-refractivity contribution >= 4 is 0 Å². The molecule has 0 amide bonds. The van der Waals surface area contributed by atoms with Gasteiger partial charge in [0.15, 0.2) is 0 Å². The number of aromatic nitrogens is 2. The highest BCUT2D eigenvalue weighted by Gasteiger charge is 2.20. The second-order valence-corrected chi connectivity index (χ2v) is 4.64. The lowest BCUT2D eigenvalue weighted by molar-refractivity contribution is 0.634. The van der Waals surface area contributed by atoms with Gasteiger partial charge in [-0.25, -0.2) is 0 Å². The topological polar surface area (TPSA) is 29.9 Å². The van der Waals surface area contributed by atoms with Crippen LogP contribution in [0.15, 0.2) is 42.9 Å². The van der Waals surface area contributed by atoms with E-state index in [9.17, 15) is 0 Å². The summed E-state index contributed by atoms with van der Waals surface area (Å²) in [6.07, 6.45) is 8.55. The third-order valence-electron chi connectivity index (χ3n) is 3.15. The van der Waals surface area contributed by atoms with Crippen molar-refractivity contribution < 1.29 is 0 Å². The summed E-state index contributed by atoms with van der Waals surface area (Å²) >= 11 is 0. The van der Waals surface area contributed by atoms with Gasteiger partial charge in [0.2, 0.25) is 0 Å². The standard InChI is InChI=1S/C14H17N3/c1-3-12(9-15-7-1)11-17-8-2-4-14(17)10-16-13-5-6-13/h1-4,7-9,13,16H,5-6,10-11H2. The highest BCUT2D eigenvalue weighted by atomic mass is 15.0. The van der Waals surface area contributed by atoms with E-state index in [0.717, 1.165) is 19.1 Å². The molecular formula is C14H17N3. The minimum Gasteiger partial charge on any atom is -0.346 e. The molecule has 3 rings (SSSR count). The average Bonchev–Trinajstić information content (AvgIpc) is 3.09. The molecule has 1 N–H and O–H groups in total. The maximum atomic E-state index is 4.15. The molecule has 0 unspecified atom stereocenters. The largest absolute Gasteiger partial charge is 0.346 e. The minimum absolute atomic E-state index is 0.761. The van der Waals surface area contributed by atoms with Crippen LogP contribution in [0.25, 0.3) is 0 Å². The second kappa shape index (κ2) is 4.72. The summed E-state index contributed by atoms with van der Waals surface area (Å²) in [7, 11) is 0. The van der Waals surface area contributed by atoms with E-state index in [0.29, 0.717) is 0 Å². The van der Waals surface area contributed by atoms with Gasteiger partial charge in [0.05, 0.1) is 0 Å². The van der Waals surface area contributed by atoms with Crippen LogP contribution >= 0.6 is 0 Å². The van der Waals surface area contributed by atoms with Crippen LogP contribution in [0.3, 0.4) is 0 Å². The summed E-state index contributed by atoms with van der Waals surface area (Å²) in [5, 5.41) is 3.55. The normalized spacial score (nSPS) is 15.1. The third kappa shape index (κ3) is 2.74. The SMILES string of the molecule is c1cncc(Cn2cccc2CNC2CC2)c1. The first-order valence-corrected chi connectivity index (χ1v) is 6.18. The Labute approximate surface area is 101 Å². The van der Waals surface area contributed by atoms with Gasteiger partial charge in [-0.15, -0.1) is 0 Å². The number of nitrogens with zero attached hydrogens (tertiary/aromatic N) is 2. The first-order chi connectivity index (χ1) is 8.42. The number of rotatable bonds is 5. The molecule has 1 aliphatic rings. The van der Waals surface area contributed by atoms with Gasteiger partial charge >= 0.3 is 0 Å². The van der Waals surface area contributed by atoms with Crippen molar-refractivity contribution in [3.8, 4) is 0 Å². The first kappa shape index (κ1) is 10.5. The summed E-state index contributed by atoms with van der Waals surface area (Å²) in [6.45, 7) is 1.88. The van der Waals surface area contributed by atoms with Crippen molar-refractivity contribution in [2.24, 2.45) is 0 Å². The third-order valence-corrected chi connectivity index (χ3v) is 3.15. The molecule has 0 atom stereocenters. The Kier molecular flexibility index (Phi) is 2.92. The molecule has 0 radical (unpaired) electrons. The lowest BCUT2D eigenvalue weighted by Gasteiger charge is -2.09. The van der Waals surface area contributed by atoms with Crippen molar-refractivity contribution in [3.05, 3.63) is 54.1 Å². The molecule has 2 aromatic heterocycles. The summed E-state index contributed by atoms with van der Waals surface area (Å²) in [6, 6.07) is 9.16. The van der Waals surface area contributed by atoms with Crippen molar-refractivity contribution in [3.63, 3.8) is 0 Å². The molecule has 1 fully saturated rings. The fraction of sp³-hybridized carbons (Fsp3) is 0.357. The van der Waals surface area contributed by atoms with Crippen LogP contribution in [-0.4, -0.2) is 15.6 Å². The summed E-state index contributed by atoms with van der Waals surface area (Å²) in [5.41, 5.74) is 2.59. The Hall–Kier alpha value is -1.61. The van der Waals surface area contributed by atoms with E-state index < -0.39 is 0 Å². The van der Waals surface area contributed by atoms with Crippen LogP contribution in [0.2, 0.25) is 0 Å². The van der Waals surface area contributed by atoms with Gasteiger partial charge in [-0.05, 0) is 36.6 Å². The Balaban J connectivity index is 1.67. The molecular weight excluding hydrogens is 210 g/mol. The van der Waals surface area contributed by atoms with Crippen molar-refractivity contribution in [2.75, 3.05) is 0 Å². The van der Waals surface area contributed by atoms with Gasteiger partial charge in [0.25, 0.3) is 0 Å². The zero-order chi connectivity index (χ0) is 11.5. The van der Waals surface area contributed by atoms with E-state index in [1.165, 1.54) is 24.1 Å². The highest BCUT2D eigenvalue weighted by molar-refractivity contribution is 5.14. The maximum Gasteiger partial charge on any atom is 0.0488 e. The molecule has 0 aliphatic heterocycles. The van der Waals surface area contributed by atoms with E-state index >= 15 is 0 Å². The van der Waals surface area contributed by atoms with Gasteiger partial charge in [0.1, 0.15) is 0 Å². The number of hydrogen-bond acceptors (Lipinski definition) is 2. The predicted octanol–water partition coefficient (Wildman–Crippen LogP) is 2.18. The fourth-order valence-corrected chi connectivity index (χ4v) is 1.99. The van der Waals surface area contributed by atoms with Crippen LogP contribution in [0.1, 0.15) is 24.1 Å². The molecule has 0 saturated heterocycles. The van der Waals surface area contributed by atoms with E-state index in [2.05, 4.69) is 39.3 Å². The molecule has 0 aromatic carbocycles. The molecule has 0 spiro atoms. The summed E-state index contributed by atoms with van der Waals surface area (Å²) in [4.78, 5) is 4.15. The van der Waals surface area contributed by atoms with Crippen LogP contribution in [-0.2, 0) is 13.1 Å². The van der Waals surface area contributed by atoms with Crippen molar-refractivity contribution in [1.29, 1.82) is 0 Å². The second-order valence-electron chi connectivity index (χ2n) is 4.64. The number of pyridine rings is 1. The minimum atomic E-state index is 0.761. The molecule has 2 aromatic rings. The van der Waals surface area contributed by atoms with Crippen LogP contribution in [0.5, 0.6) is 0 Å².